The van der Waals surface area contributed by atoms with Crippen molar-refractivity contribution >= 4 is 11.9 Å². The van der Waals surface area contributed by atoms with E-state index in [2.05, 4.69) is 31.3 Å². The minimum atomic E-state index is -0.855. The number of hydrogen-bond acceptors (Lipinski definition) is 5. The molecule has 0 spiro atoms. The molecule has 0 rings (SSSR count). The Morgan fingerprint density at radius 1 is 0.491 bits per heavy atom. The number of amides is 1. The number of aliphatic hydroxyl groups excluding tert-OH is 2. The molecule has 0 saturated heterocycles. The van der Waals surface area contributed by atoms with Crippen LogP contribution in [0.15, 0.2) is 24.3 Å². The van der Waals surface area contributed by atoms with E-state index in [0.717, 1.165) is 57.8 Å². The van der Waals surface area contributed by atoms with Crippen LogP contribution in [0.25, 0.3) is 0 Å². The maximum atomic E-state index is 12.4. The van der Waals surface area contributed by atoms with Gasteiger partial charge >= 0.3 is 5.97 Å². The van der Waals surface area contributed by atoms with Crippen molar-refractivity contribution in [3.05, 3.63) is 24.3 Å². The van der Waals surface area contributed by atoms with Gasteiger partial charge in [-0.05, 0) is 57.8 Å². The Morgan fingerprint density at radius 2 is 0.855 bits per heavy atom. The molecule has 0 aromatic rings. The Morgan fingerprint density at radius 3 is 1.29 bits per heavy atom. The first-order valence-electron chi connectivity index (χ1n) is 24.1. The number of aliphatic hydroxyl groups is 2. The molecule has 6 nitrogen and oxygen atoms in total. The van der Waals surface area contributed by atoms with E-state index in [-0.39, 0.29) is 18.5 Å². The van der Waals surface area contributed by atoms with Gasteiger partial charge in [-0.2, -0.15) is 0 Å². The number of nitrogens with one attached hydrogen (secondary N) is 1. The van der Waals surface area contributed by atoms with Crippen LogP contribution in [0.1, 0.15) is 251 Å². The molecule has 324 valence electrons. The number of carbonyl (C=O) groups excluding carboxylic acids is 2. The van der Waals surface area contributed by atoms with E-state index in [1.165, 1.54) is 167 Å². The zero-order valence-electron chi connectivity index (χ0n) is 36.7. The monoisotopic (exact) mass is 776 g/mol. The zero-order chi connectivity index (χ0) is 40.1. The van der Waals surface area contributed by atoms with Gasteiger partial charge in [-0.1, -0.05) is 205 Å². The van der Waals surface area contributed by atoms with Crippen LogP contribution in [-0.2, 0) is 14.3 Å². The van der Waals surface area contributed by atoms with Gasteiger partial charge in [-0.15, -0.1) is 0 Å². The zero-order valence-corrected chi connectivity index (χ0v) is 36.7. The number of allylic oxidation sites excluding steroid dienone is 3. The van der Waals surface area contributed by atoms with Gasteiger partial charge in [0.15, 0.2) is 0 Å². The molecule has 0 heterocycles. The second-order valence-electron chi connectivity index (χ2n) is 16.4. The fraction of sp³-hybridized carbons (Fsp3) is 0.878. The summed E-state index contributed by atoms with van der Waals surface area (Å²) in [5, 5.41) is 22.9. The molecule has 2 unspecified atom stereocenters. The average molecular weight is 776 g/mol. The van der Waals surface area contributed by atoms with Gasteiger partial charge in [-0.25, -0.2) is 0 Å². The highest BCUT2D eigenvalue weighted by Gasteiger charge is 2.18. The van der Waals surface area contributed by atoms with Gasteiger partial charge in [0.1, 0.15) is 0 Å². The van der Waals surface area contributed by atoms with Gasteiger partial charge in [-0.3, -0.25) is 9.59 Å². The highest BCUT2D eigenvalue weighted by molar-refractivity contribution is 5.76. The summed E-state index contributed by atoms with van der Waals surface area (Å²) in [5.41, 5.74) is 0. The van der Waals surface area contributed by atoms with Crippen molar-refractivity contribution in [3.8, 4) is 0 Å². The van der Waals surface area contributed by atoms with E-state index in [4.69, 9.17) is 4.74 Å². The second kappa shape index (κ2) is 45.0. The second-order valence-corrected chi connectivity index (χ2v) is 16.4. The van der Waals surface area contributed by atoms with Gasteiger partial charge in [0, 0.05) is 12.8 Å². The van der Waals surface area contributed by atoms with Crippen molar-refractivity contribution in [2.24, 2.45) is 0 Å². The van der Waals surface area contributed by atoms with Crippen LogP contribution in [0.3, 0.4) is 0 Å². The number of rotatable bonds is 44. The fourth-order valence-corrected chi connectivity index (χ4v) is 7.21. The Bertz CT molecular complexity index is 858. The van der Waals surface area contributed by atoms with Crippen molar-refractivity contribution < 1.29 is 24.5 Å². The van der Waals surface area contributed by atoms with Crippen molar-refractivity contribution in [2.75, 3.05) is 13.2 Å². The van der Waals surface area contributed by atoms with E-state index in [1.54, 1.807) is 6.08 Å². The van der Waals surface area contributed by atoms with E-state index in [1.807, 2.05) is 6.08 Å². The van der Waals surface area contributed by atoms with E-state index < -0.39 is 12.1 Å². The van der Waals surface area contributed by atoms with Gasteiger partial charge in [0.25, 0.3) is 0 Å². The molecule has 2 atom stereocenters. The molecule has 0 aliphatic carbocycles. The minimum absolute atomic E-state index is 0.0236. The third kappa shape index (κ3) is 41.8. The van der Waals surface area contributed by atoms with E-state index in [9.17, 15) is 19.8 Å². The molecule has 0 radical (unpaired) electrons. The average Bonchev–Trinajstić information content (AvgIpc) is 3.18. The van der Waals surface area contributed by atoms with Crippen molar-refractivity contribution in [2.45, 2.75) is 264 Å². The molecule has 3 N–H and O–H groups in total. The van der Waals surface area contributed by atoms with Crippen molar-refractivity contribution in [1.29, 1.82) is 0 Å². The fourth-order valence-electron chi connectivity index (χ4n) is 7.21. The lowest BCUT2D eigenvalue weighted by molar-refractivity contribution is -0.143. The summed E-state index contributed by atoms with van der Waals surface area (Å²) in [4.78, 5) is 24.4. The topological polar surface area (TPSA) is 95.9 Å². The van der Waals surface area contributed by atoms with Gasteiger partial charge in [0.05, 0.1) is 25.4 Å². The maximum Gasteiger partial charge on any atom is 0.305 e. The number of unbranched alkanes of at least 4 members (excludes halogenated alkanes) is 31. The lowest BCUT2D eigenvalue weighted by Crippen LogP contribution is -2.45. The molecule has 6 heteroatoms. The van der Waals surface area contributed by atoms with Crippen LogP contribution >= 0.6 is 0 Å². The number of ether oxygens (including phenoxy) is 1. The summed E-state index contributed by atoms with van der Waals surface area (Å²) >= 11 is 0. The van der Waals surface area contributed by atoms with Crippen LogP contribution in [-0.4, -0.2) is 47.4 Å². The molecule has 0 fully saturated rings. The molecular formula is C49H93NO5. The standard InChI is InChI=1S/C49H93NO5/c1-3-5-7-9-11-13-15-16-17-18-19-23-27-31-35-39-43-49(54)55-44-40-36-32-28-24-20-22-26-30-34-38-42-48(53)50-46(45-51)47(52)41-37-33-29-25-21-14-12-10-8-6-4-2/h17-18,37,41,46-47,51-52H,3-16,19-36,38-40,42-45H2,1-2H3,(H,50,53)/b18-17-,41-37+. The first-order chi connectivity index (χ1) is 27.0. The predicted molar refractivity (Wildman–Crippen MR) is 236 cm³/mol. The summed E-state index contributed by atoms with van der Waals surface area (Å²) in [6.45, 7) is 4.83. The largest absolute Gasteiger partial charge is 0.466 e. The predicted octanol–water partition coefficient (Wildman–Crippen LogP) is 14.0. The summed E-state index contributed by atoms with van der Waals surface area (Å²) in [5.74, 6) is -0.113. The van der Waals surface area contributed by atoms with Gasteiger partial charge in [0.2, 0.25) is 5.91 Å². The normalized spacial score (nSPS) is 12.9. The van der Waals surface area contributed by atoms with Crippen molar-refractivity contribution in [1.82, 2.24) is 5.32 Å². The van der Waals surface area contributed by atoms with E-state index in [0.29, 0.717) is 19.4 Å². The van der Waals surface area contributed by atoms with Crippen LogP contribution in [0.4, 0.5) is 0 Å². The number of carbonyl (C=O) groups is 2. The first kappa shape index (κ1) is 53.3. The SMILES string of the molecule is CCCCCCCCC/C=C\CCCCCCCC(=O)OCCCCCCCCCCCCCC(=O)NC(CO)C(O)/C=C/CCCCCCCCCCC. The van der Waals surface area contributed by atoms with Crippen LogP contribution in [0.5, 0.6) is 0 Å². The smallest absolute Gasteiger partial charge is 0.305 e. The van der Waals surface area contributed by atoms with E-state index >= 15 is 0 Å². The molecule has 0 bridgehead atoms. The third-order valence-electron chi connectivity index (χ3n) is 11.0. The lowest BCUT2D eigenvalue weighted by Gasteiger charge is -2.20. The maximum absolute atomic E-state index is 12.4. The Hall–Kier alpha value is -1.66. The Balaban J connectivity index is 3.49. The lowest BCUT2D eigenvalue weighted by atomic mass is 10.0. The number of hydrogen-bond donors (Lipinski definition) is 3. The summed E-state index contributed by atoms with van der Waals surface area (Å²) in [7, 11) is 0. The summed E-state index contributed by atoms with van der Waals surface area (Å²) in [6.07, 6.45) is 51.6. The molecule has 0 aromatic carbocycles. The van der Waals surface area contributed by atoms with Gasteiger partial charge < -0.3 is 20.3 Å². The molecular weight excluding hydrogens is 683 g/mol. The number of esters is 1. The highest BCUT2D eigenvalue weighted by atomic mass is 16.5. The summed E-state index contributed by atoms with van der Waals surface area (Å²) < 4.78 is 5.45. The third-order valence-corrected chi connectivity index (χ3v) is 11.0. The molecule has 0 aromatic heterocycles. The van der Waals surface area contributed by atoms with Crippen LogP contribution in [0.2, 0.25) is 0 Å². The first-order valence-corrected chi connectivity index (χ1v) is 24.1. The molecule has 0 saturated carbocycles. The molecule has 0 aliphatic rings. The molecule has 55 heavy (non-hydrogen) atoms. The Kier molecular flexibility index (Phi) is 43.7. The molecule has 0 aliphatic heterocycles. The highest BCUT2D eigenvalue weighted by Crippen LogP contribution is 2.15. The van der Waals surface area contributed by atoms with Crippen LogP contribution in [0, 0.1) is 0 Å². The molecule has 1 amide bonds. The van der Waals surface area contributed by atoms with Crippen molar-refractivity contribution in [3.63, 3.8) is 0 Å². The minimum Gasteiger partial charge on any atom is -0.466 e. The quantitative estimate of drug-likeness (QED) is 0.0325. The van der Waals surface area contributed by atoms with Crippen LogP contribution < -0.4 is 5.32 Å². The summed E-state index contributed by atoms with van der Waals surface area (Å²) in [6, 6.07) is -0.640. The Labute approximate surface area is 341 Å².